The van der Waals surface area contributed by atoms with Crippen molar-refractivity contribution >= 4 is 0 Å². The van der Waals surface area contributed by atoms with Gasteiger partial charge in [0.1, 0.15) is 0 Å². The van der Waals surface area contributed by atoms with E-state index < -0.39 is 0 Å². The van der Waals surface area contributed by atoms with Crippen molar-refractivity contribution in [1.82, 2.24) is 0 Å². The highest BCUT2D eigenvalue weighted by Gasteiger charge is 2.07. The number of hydrogen-bond acceptors (Lipinski definition) is 1. The van der Waals surface area contributed by atoms with Crippen molar-refractivity contribution < 1.29 is 9.13 Å². The van der Waals surface area contributed by atoms with Gasteiger partial charge in [-0.1, -0.05) is 38.8 Å². The molecule has 15 heavy (non-hydrogen) atoms. The molecule has 1 aromatic carbocycles. The third kappa shape index (κ3) is 3.90. The monoisotopic (exact) mass is 210 g/mol. The molecule has 0 amide bonds. The summed E-state index contributed by atoms with van der Waals surface area (Å²) >= 11 is 0. The van der Waals surface area contributed by atoms with Crippen LogP contribution < -0.4 is 4.74 Å². The van der Waals surface area contributed by atoms with Gasteiger partial charge in [-0.3, -0.25) is 0 Å². The first-order valence-electron chi connectivity index (χ1n) is 5.65. The van der Waals surface area contributed by atoms with E-state index in [0.29, 0.717) is 18.3 Å². The van der Waals surface area contributed by atoms with E-state index in [1.165, 1.54) is 6.07 Å². The van der Waals surface area contributed by atoms with Crippen LogP contribution >= 0.6 is 0 Å². The second kappa shape index (κ2) is 6.44. The zero-order chi connectivity index (χ0) is 11.1. The van der Waals surface area contributed by atoms with Crippen LogP contribution in [0, 0.1) is 11.7 Å². The van der Waals surface area contributed by atoms with Crippen LogP contribution in [0.15, 0.2) is 24.3 Å². The molecule has 0 bridgehead atoms. The van der Waals surface area contributed by atoms with Crippen molar-refractivity contribution in [1.29, 1.82) is 0 Å². The summed E-state index contributed by atoms with van der Waals surface area (Å²) in [5, 5.41) is 0. The molecule has 0 saturated heterocycles. The highest BCUT2D eigenvalue weighted by molar-refractivity contribution is 5.23. The summed E-state index contributed by atoms with van der Waals surface area (Å²) in [4.78, 5) is 0. The van der Waals surface area contributed by atoms with E-state index in [-0.39, 0.29) is 5.82 Å². The largest absolute Gasteiger partial charge is 0.490 e. The van der Waals surface area contributed by atoms with Gasteiger partial charge >= 0.3 is 0 Å². The number of hydrogen-bond donors (Lipinski definition) is 0. The summed E-state index contributed by atoms with van der Waals surface area (Å²) in [6.45, 7) is 4.92. The van der Waals surface area contributed by atoms with Crippen LogP contribution in [0.25, 0.3) is 0 Å². The maximum atomic E-state index is 13.2. The fraction of sp³-hybridized carbons (Fsp3) is 0.538. The molecule has 0 spiro atoms. The molecule has 84 valence electrons. The molecular weight excluding hydrogens is 191 g/mol. The Kier molecular flexibility index (Phi) is 5.16. The molecule has 1 aromatic rings. The van der Waals surface area contributed by atoms with Crippen LogP contribution in [0.3, 0.4) is 0 Å². The van der Waals surface area contributed by atoms with E-state index in [1.54, 1.807) is 18.2 Å². The van der Waals surface area contributed by atoms with Gasteiger partial charge in [0.25, 0.3) is 0 Å². The van der Waals surface area contributed by atoms with Gasteiger partial charge in [0, 0.05) is 0 Å². The van der Waals surface area contributed by atoms with Crippen molar-refractivity contribution in [2.75, 3.05) is 6.61 Å². The van der Waals surface area contributed by atoms with Crippen LogP contribution in [-0.2, 0) is 0 Å². The zero-order valence-electron chi connectivity index (χ0n) is 9.50. The fourth-order valence-electron chi connectivity index (χ4n) is 1.58. The van der Waals surface area contributed by atoms with E-state index >= 15 is 0 Å². The topological polar surface area (TPSA) is 9.23 Å². The molecule has 1 atom stereocenters. The van der Waals surface area contributed by atoms with Crippen molar-refractivity contribution in [3.63, 3.8) is 0 Å². The normalized spacial score (nSPS) is 12.5. The van der Waals surface area contributed by atoms with Crippen LogP contribution in [0.1, 0.15) is 33.1 Å². The summed E-state index contributed by atoms with van der Waals surface area (Å²) in [5.74, 6) is 0.630. The van der Waals surface area contributed by atoms with Crippen molar-refractivity contribution in [2.45, 2.75) is 33.1 Å². The lowest BCUT2D eigenvalue weighted by Gasteiger charge is -2.15. The van der Waals surface area contributed by atoms with Gasteiger partial charge in [-0.15, -0.1) is 0 Å². The highest BCUT2D eigenvalue weighted by atomic mass is 19.1. The third-order valence-electron chi connectivity index (χ3n) is 2.59. The second-order valence-corrected chi connectivity index (χ2v) is 3.80. The Morgan fingerprint density at radius 1 is 1.27 bits per heavy atom. The summed E-state index contributed by atoms with van der Waals surface area (Å²) in [6, 6.07) is 6.56. The van der Waals surface area contributed by atoms with Gasteiger partial charge in [0.15, 0.2) is 11.6 Å². The summed E-state index contributed by atoms with van der Waals surface area (Å²) < 4.78 is 18.7. The van der Waals surface area contributed by atoms with Gasteiger partial charge in [-0.2, -0.15) is 0 Å². The van der Waals surface area contributed by atoms with Gasteiger partial charge in [0.2, 0.25) is 0 Å². The minimum atomic E-state index is -0.274. The summed E-state index contributed by atoms with van der Waals surface area (Å²) in [6.07, 6.45) is 3.38. The van der Waals surface area contributed by atoms with Gasteiger partial charge in [0.05, 0.1) is 6.61 Å². The smallest absolute Gasteiger partial charge is 0.165 e. The van der Waals surface area contributed by atoms with Gasteiger partial charge in [-0.25, -0.2) is 4.39 Å². The number of para-hydroxylation sites is 1. The van der Waals surface area contributed by atoms with Crippen LogP contribution in [-0.4, -0.2) is 6.61 Å². The molecule has 0 saturated carbocycles. The lowest BCUT2D eigenvalue weighted by molar-refractivity contribution is 0.226. The molecule has 0 heterocycles. The molecule has 2 heteroatoms. The first kappa shape index (κ1) is 12.0. The Morgan fingerprint density at radius 2 is 2.00 bits per heavy atom. The zero-order valence-corrected chi connectivity index (χ0v) is 9.50. The Balaban J connectivity index is 2.45. The average molecular weight is 210 g/mol. The lowest BCUT2D eigenvalue weighted by atomic mass is 10.0. The Bertz CT molecular complexity index is 286. The van der Waals surface area contributed by atoms with Gasteiger partial charge in [-0.05, 0) is 24.5 Å². The average Bonchev–Trinajstić information content (AvgIpc) is 2.26. The Morgan fingerprint density at radius 3 is 2.60 bits per heavy atom. The van der Waals surface area contributed by atoms with E-state index in [9.17, 15) is 4.39 Å². The number of benzene rings is 1. The summed E-state index contributed by atoms with van der Waals surface area (Å²) in [7, 11) is 0. The van der Waals surface area contributed by atoms with Gasteiger partial charge < -0.3 is 4.74 Å². The quantitative estimate of drug-likeness (QED) is 0.688. The molecule has 1 unspecified atom stereocenters. The number of rotatable bonds is 6. The highest BCUT2D eigenvalue weighted by Crippen LogP contribution is 2.18. The van der Waals surface area contributed by atoms with Crippen LogP contribution in [0.2, 0.25) is 0 Å². The molecule has 0 aromatic heterocycles. The molecule has 0 aliphatic heterocycles. The SMILES string of the molecule is CCCC(CC)COc1ccccc1F. The molecule has 0 aliphatic carbocycles. The van der Waals surface area contributed by atoms with Crippen LogP contribution in [0.4, 0.5) is 4.39 Å². The minimum Gasteiger partial charge on any atom is -0.490 e. The number of halogens is 1. The van der Waals surface area contributed by atoms with E-state index in [4.69, 9.17) is 4.74 Å². The maximum Gasteiger partial charge on any atom is 0.165 e. The Hall–Kier alpha value is -1.05. The van der Waals surface area contributed by atoms with E-state index in [0.717, 1.165) is 19.3 Å². The van der Waals surface area contributed by atoms with Crippen molar-refractivity contribution in [3.05, 3.63) is 30.1 Å². The Labute approximate surface area is 91.3 Å². The van der Waals surface area contributed by atoms with E-state index in [1.807, 2.05) is 0 Å². The molecule has 0 N–H and O–H groups in total. The summed E-state index contributed by atoms with van der Waals surface area (Å²) in [5.41, 5.74) is 0. The first-order valence-corrected chi connectivity index (χ1v) is 5.65. The molecule has 0 radical (unpaired) electrons. The van der Waals surface area contributed by atoms with Crippen LogP contribution in [0.5, 0.6) is 5.75 Å². The second-order valence-electron chi connectivity index (χ2n) is 3.80. The molecule has 1 rings (SSSR count). The maximum absolute atomic E-state index is 13.2. The fourth-order valence-corrected chi connectivity index (χ4v) is 1.58. The third-order valence-corrected chi connectivity index (χ3v) is 2.59. The molecular formula is C13H19FO. The molecule has 0 fully saturated rings. The van der Waals surface area contributed by atoms with E-state index in [2.05, 4.69) is 13.8 Å². The standard InChI is InChI=1S/C13H19FO/c1-3-7-11(4-2)10-15-13-9-6-5-8-12(13)14/h5-6,8-9,11H,3-4,7,10H2,1-2H3. The van der Waals surface area contributed by atoms with Crippen molar-refractivity contribution in [2.24, 2.45) is 5.92 Å². The van der Waals surface area contributed by atoms with Crippen molar-refractivity contribution in [3.8, 4) is 5.75 Å². The minimum absolute atomic E-state index is 0.274. The molecule has 1 nitrogen and oxygen atoms in total. The molecule has 0 aliphatic rings. The lowest BCUT2D eigenvalue weighted by Crippen LogP contribution is -2.11. The predicted molar refractivity (Wildman–Crippen MR) is 60.6 cm³/mol. The first-order chi connectivity index (χ1) is 7.27. The number of ether oxygens (including phenoxy) is 1. The predicted octanol–water partition coefficient (Wildman–Crippen LogP) is 4.03.